The SMILES string of the molecule is COC(=O)C(c1ccnc(C)c1)C(C)C. The molecule has 0 aromatic carbocycles. The van der Waals surface area contributed by atoms with E-state index in [0.717, 1.165) is 11.3 Å². The topological polar surface area (TPSA) is 39.2 Å². The molecule has 0 aliphatic heterocycles. The summed E-state index contributed by atoms with van der Waals surface area (Å²) >= 11 is 0. The number of aryl methyl sites for hydroxylation is 1. The van der Waals surface area contributed by atoms with Crippen molar-refractivity contribution in [3.8, 4) is 0 Å². The number of hydrogen-bond donors (Lipinski definition) is 0. The number of pyridine rings is 1. The summed E-state index contributed by atoms with van der Waals surface area (Å²) in [5.41, 5.74) is 1.89. The lowest BCUT2D eigenvalue weighted by molar-refractivity contribution is -0.143. The molecule has 0 saturated carbocycles. The Morgan fingerprint density at radius 1 is 1.47 bits per heavy atom. The zero-order valence-electron chi connectivity index (χ0n) is 9.65. The van der Waals surface area contributed by atoms with Crippen LogP contribution in [-0.4, -0.2) is 18.1 Å². The number of aromatic nitrogens is 1. The lowest BCUT2D eigenvalue weighted by Gasteiger charge is -2.18. The molecule has 0 bridgehead atoms. The summed E-state index contributed by atoms with van der Waals surface area (Å²) in [7, 11) is 1.42. The van der Waals surface area contributed by atoms with Gasteiger partial charge in [-0.1, -0.05) is 13.8 Å². The van der Waals surface area contributed by atoms with Crippen LogP contribution < -0.4 is 0 Å². The van der Waals surface area contributed by atoms with Gasteiger partial charge in [0.2, 0.25) is 0 Å². The molecule has 15 heavy (non-hydrogen) atoms. The van der Waals surface area contributed by atoms with Crippen molar-refractivity contribution in [3.63, 3.8) is 0 Å². The Balaban J connectivity index is 3.04. The molecule has 0 spiro atoms. The second-order valence-electron chi connectivity index (χ2n) is 3.98. The Kier molecular flexibility index (Phi) is 3.83. The van der Waals surface area contributed by atoms with E-state index in [-0.39, 0.29) is 17.8 Å². The maximum atomic E-state index is 11.6. The minimum Gasteiger partial charge on any atom is -0.469 e. The van der Waals surface area contributed by atoms with Crippen LogP contribution in [0.25, 0.3) is 0 Å². The number of methoxy groups -OCH3 is 1. The highest BCUT2D eigenvalue weighted by Gasteiger charge is 2.24. The van der Waals surface area contributed by atoms with E-state index in [9.17, 15) is 4.79 Å². The zero-order chi connectivity index (χ0) is 11.4. The molecule has 1 aromatic rings. The highest BCUT2D eigenvalue weighted by atomic mass is 16.5. The fraction of sp³-hybridized carbons (Fsp3) is 0.500. The van der Waals surface area contributed by atoms with Crippen molar-refractivity contribution in [2.24, 2.45) is 5.92 Å². The summed E-state index contributed by atoms with van der Waals surface area (Å²) < 4.78 is 4.81. The first kappa shape index (κ1) is 11.7. The fourth-order valence-corrected chi connectivity index (χ4v) is 1.68. The third kappa shape index (κ3) is 2.78. The molecule has 82 valence electrons. The van der Waals surface area contributed by atoms with Crippen LogP contribution in [0.3, 0.4) is 0 Å². The molecule has 1 unspecified atom stereocenters. The van der Waals surface area contributed by atoms with Gasteiger partial charge in [-0.2, -0.15) is 0 Å². The third-order valence-electron chi connectivity index (χ3n) is 2.40. The summed E-state index contributed by atoms with van der Waals surface area (Å²) in [5, 5.41) is 0. The van der Waals surface area contributed by atoms with E-state index in [4.69, 9.17) is 4.74 Å². The average molecular weight is 207 g/mol. The van der Waals surface area contributed by atoms with Crippen LogP contribution in [0, 0.1) is 12.8 Å². The molecule has 0 aliphatic carbocycles. The number of esters is 1. The summed E-state index contributed by atoms with van der Waals surface area (Å²) in [6.45, 7) is 5.94. The Morgan fingerprint density at radius 2 is 2.13 bits per heavy atom. The molecule has 0 amide bonds. The predicted octanol–water partition coefficient (Wildman–Crippen LogP) is 2.30. The summed E-state index contributed by atoms with van der Waals surface area (Å²) in [6, 6.07) is 3.80. The van der Waals surface area contributed by atoms with Crippen molar-refractivity contribution >= 4 is 5.97 Å². The molecule has 1 heterocycles. The van der Waals surface area contributed by atoms with Gasteiger partial charge in [-0.25, -0.2) is 0 Å². The zero-order valence-corrected chi connectivity index (χ0v) is 9.65. The molecule has 1 aromatic heterocycles. The van der Waals surface area contributed by atoms with E-state index in [1.165, 1.54) is 7.11 Å². The quantitative estimate of drug-likeness (QED) is 0.714. The lowest BCUT2D eigenvalue weighted by Crippen LogP contribution is -2.19. The molecule has 0 fully saturated rings. The van der Waals surface area contributed by atoms with E-state index < -0.39 is 0 Å². The van der Waals surface area contributed by atoms with Crippen molar-refractivity contribution in [1.82, 2.24) is 4.98 Å². The minimum absolute atomic E-state index is 0.185. The Morgan fingerprint density at radius 3 is 2.60 bits per heavy atom. The lowest BCUT2D eigenvalue weighted by atomic mass is 9.89. The number of rotatable bonds is 3. The van der Waals surface area contributed by atoms with Crippen molar-refractivity contribution in [3.05, 3.63) is 29.6 Å². The van der Waals surface area contributed by atoms with Crippen LogP contribution in [-0.2, 0) is 9.53 Å². The van der Waals surface area contributed by atoms with E-state index in [2.05, 4.69) is 4.98 Å². The highest BCUT2D eigenvalue weighted by Crippen LogP contribution is 2.25. The number of carbonyl (C=O) groups is 1. The van der Waals surface area contributed by atoms with Crippen LogP contribution >= 0.6 is 0 Å². The molecular weight excluding hydrogens is 190 g/mol. The van der Waals surface area contributed by atoms with Crippen molar-refractivity contribution in [2.75, 3.05) is 7.11 Å². The monoisotopic (exact) mass is 207 g/mol. The first-order valence-corrected chi connectivity index (χ1v) is 5.06. The van der Waals surface area contributed by atoms with Crippen LogP contribution in [0.5, 0.6) is 0 Å². The second-order valence-corrected chi connectivity index (χ2v) is 3.98. The van der Waals surface area contributed by atoms with E-state index in [1.54, 1.807) is 6.20 Å². The largest absolute Gasteiger partial charge is 0.469 e. The van der Waals surface area contributed by atoms with Gasteiger partial charge in [-0.3, -0.25) is 9.78 Å². The number of carbonyl (C=O) groups excluding carboxylic acids is 1. The van der Waals surface area contributed by atoms with Crippen LogP contribution in [0.1, 0.15) is 31.0 Å². The Hall–Kier alpha value is -1.38. The first-order valence-electron chi connectivity index (χ1n) is 5.06. The van der Waals surface area contributed by atoms with Crippen molar-refractivity contribution in [1.29, 1.82) is 0 Å². The standard InChI is InChI=1S/C12H17NO2/c1-8(2)11(12(14)15-4)10-5-6-13-9(3)7-10/h5-8,11H,1-4H3. The molecule has 1 rings (SSSR count). The van der Waals surface area contributed by atoms with Gasteiger partial charge < -0.3 is 4.74 Å². The first-order chi connectivity index (χ1) is 7.06. The van der Waals surface area contributed by atoms with Crippen LogP contribution in [0.15, 0.2) is 18.3 Å². The molecule has 3 nitrogen and oxygen atoms in total. The van der Waals surface area contributed by atoms with Gasteiger partial charge in [0.25, 0.3) is 0 Å². The molecule has 0 aliphatic rings. The highest BCUT2D eigenvalue weighted by molar-refractivity contribution is 5.78. The van der Waals surface area contributed by atoms with Crippen LogP contribution in [0.2, 0.25) is 0 Å². The number of nitrogens with zero attached hydrogens (tertiary/aromatic N) is 1. The minimum atomic E-state index is -0.198. The molecule has 1 atom stereocenters. The maximum absolute atomic E-state index is 11.6. The predicted molar refractivity (Wildman–Crippen MR) is 58.6 cm³/mol. The van der Waals surface area contributed by atoms with Gasteiger partial charge in [0, 0.05) is 11.9 Å². The van der Waals surface area contributed by atoms with Crippen LogP contribution in [0.4, 0.5) is 0 Å². The molecule has 0 radical (unpaired) electrons. The molecule has 0 saturated heterocycles. The van der Waals surface area contributed by atoms with E-state index >= 15 is 0 Å². The molecule has 3 heteroatoms. The average Bonchev–Trinajstić information content (AvgIpc) is 2.17. The maximum Gasteiger partial charge on any atom is 0.313 e. The van der Waals surface area contributed by atoms with E-state index in [0.29, 0.717) is 0 Å². The number of ether oxygens (including phenoxy) is 1. The summed E-state index contributed by atoms with van der Waals surface area (Å²) in [4.78, 5) is 15.7. The molecule has 0 N–H and O–H groups in total. The van der Waals surface area contributed by atoms with Gasteiger partial charge in [0.1, 0.15) is 0 Å². The Bertz CT molecular complexity index is 347. The summed E-state index contributed by atoms with van der Waals surface area (Å²) in [6.07, 6.45) is 1.73. The van der Waals surface area contributed by atoms with Gasteiger partial charge in [-0.05, 0) is 30.5 Å². The summed E-state index contributed by atoms with van der Waals surface area (Å²) in [5.74, 6) is -0.161. The fourth-order valence-electron chi connectivity index (χ4n) is 1.68. The van der Waals surface area contributed by atoms with Crippen molar-refractivity contribution < 1.29 is 9.53 Å². The number of hydrogen-bond acceptors (Lipinski definition) is 3. The normalized spacial score (nSPS) is 12.6. The van der Waals surface area contributed by atoms with E-state index in [1.807, 2.05) is 32.9 Å². The van der Waals surface area contributed by atoms with Gasteiger partial charge in [0.15, 0.2) is 0 Å². The smallest absolute Gasteiger partial charge is 0.313 e. The van der Waals surface area contributed by atoms with Gasteiger partial charge in [0.05, 0.1) is 13.0 Å². The van der Waals surface area contributed by atoms with Gasteiger partial charge >= 0.3 is 5.97 Å². The molecular formula is C12H17NO2. The van der Waals surface area contributed by atoms with Crippen molar-refractivity contribution in [2.45, 2.75) is 26.7 Å². The third-order valence-corrected chi connectivity index (χ3v) is 2.40. The Labute approximate surface area is 90.5 Å². The van der Waals surface area contributed by atoms with Gasteiger partial charge in [-0.15, -0.1) is 0 Å². The second kappa shape index (κ2) is 4.91.